The summed E-state index contributed by atoms with van der Waals surface area (Å²) in [5.41, 5.74) is 0. The zero-order chi connectivity index (χ0) is 12.7. The van der Waals surface area contributed by atoms with Crippen LogP contribution in [0.1, 0.15) is 28.6 Å². The largest absolute Gasteiger partial charge is 0.449 e. The number of hydrogen-bond acceptors (Lipinski definition) is 4. The quantitative estimate of drug-likeness (QED) is 0.858. The Morgan fingerprint density at radius 3 is 2.82 bits per heavy atom. The number of nitrogens with one attached hydrogen (secondary N) is 1. The van der Waals surface area contributed by atoms with Crippen LogP contribution in [0.25, 0.3) is 0 Å². The molecule has 0 aliphatic heterocycles. The molecule has 1 rings (SSSR count). The van der Waals surface area contributed by atoms with E-state index in [0.29, 0.717) is 24.3 Å². The Labute approximate surface area is 103 Å². The van der Waals surface area contributed by atoms with Gasteiger partial charge in [0.05, 0.1) is 12.8 Å². The molecule has 5 nitrogen and oxygen atoms in total. The van der Waals surface area contributed by atoms with Crippen LogP contribution in [-0.4, -0.2) is 22.7 Å². The molecule has 17 heavy (non-hydrogen) atoms. The predicted molar refractivity (Wildman–Crippen MR) is 67.7 cm³/mol. The molecule has 2 unspecified atom stereocenters. The summed E-state index contributed by atoms with van der Waals surface area (Å²) in [5.74, 6) is 1.29. The lowest BCUT2D eigenvalue weighted by Gasteiger charge is -2.17. The minimum absolute atomic E-state index is 0. The zero-order valence-corrected chi connectivity index (χ0v) is 10.5. The normalized spacial score (nSPS) is 13.8. The van der Waals surface area contributed by atoms with Crippen LogP contribution in [0.15, 0.2) is 18.6 Å². The molecule has 2 atom stereocenters. The molecule has 0 fully saturated rings. The molecular formula is C12H21N3O2. The van der Waals surface area contributed by atoms with Gasteiger partial charge in [-0.1, -0.05) is 27.2 Å². The van der Waals surface area contributed by atoms with Crippen molar-refractivity contribution in [2.24, 2.45) is 11.8 Å². The van der Waals surface area contributed by atoms with Crippen LogP contribution in [0, 0.1) is 11.8 Å². The first-order valence-electron chi connectivity index (χ1n) is 5.83. The first kappa shape index (κ1) is 13.4. The topological polar surface area (TPSA) is 64.1 Å². The highest BCUT2D eigenvalue weighted by Gasteiger charge is 2.13. The van der Waals surface area contributed by atoms with Gasteiger partial charge in [-0.3, -0.25) is 10.3 Å². The van der Waals surface area contributed by atoms with Crippen LogP contribution in [0.3, 0.4) is 0 Å². The van der Waals surface area contributed by atoms with Gasteiger partial charge in [-0.2, -0.15) is 0 Å². The second-order valence-electron chi connectivity index (χ2n) is 4.18. The highest BCUT2D eigenvalue weighted by Crippen LogP contribution is 2.14. The molecule has 0 aliphatic rings. The van der Waals surface area contributed by atoms with Crippen molar-refractivity contribution in [3.63, 3.8) is 0 Å². The summed E-state index contributed by atoms with van der Waals surface area (Å²) >= 11 is 0. The van der Waals surface area contributed by atoms with E-state index in [1.807, 2.05) is 0 Å². The number of carbonyl (C=O) groups is 1. The average molecular weight is 239 g/mol. The van der Waals surface area contributed by atoms with Gasteiger partial charge in [0.2, 0.25) is 0 Å². The lowest BCUT2D eigenvalue weighted by molar-refractivity contribution is 0.129. The third-order valence-corrected chi connectivity index (χ3v) is 2.89. The lowest BCUT2D eigenvalue weighted by atomic mass is 9.95. The number of aromatic nitrogens is 2. The predicted octanol–water partition coefficient (Wildman–Crippen LogP) is 2.95. The number of anilines is 1. The molecule has 1 N–H and O–H groups in total. The minimum Gasteiger partial charge on any atom is -0.449 e. The van der Waals surface area contributed by atoms with Gasteiger partial charge in [0.25, 0.3) is 0 Å². The van der Waals surface area contributed by atoms with Crippen LogP contribution >= 0.6 is 0 Å². The van der Waals surface area contributed by atoms with Crippen molar-refractivity contribution in [3.05, 3.63) is 18.6 Å². The molecule has 0 spiro atoms. The molecule has 1 aromatic heterocycles. The first-order chi connectivity index (χ1) is 8.13. The van der Waals surface area contributed by atoms with Gasteiger partial charge in [-0.05, 0) is 11.8 Å². The summed E-state index contributed by atoms with van der Waals surface area (Å²) in [5, 5.41) is 2.52. The molecule has 0 radical (unpaired) electrons. The van der Waals surface area contributed by atoms with E-state index in [2.05, 4.69) is 36.1 Å². The molecule has 0 bridgehead atoms. The Hall–Kier alpha value is -1.65. The maximum atomic E-state index is 11.4. The van der Waals surface area contributed by atoms with Crippen molar-refractivity contribution in [3.8, 4) is 0 Å². The van der Waals surface area contributed by atoms with Crippen LogP contribution in [0.5, 0.6) is 0 Å². The van der Waals surface area contributed by atoms with Crippen molar-refractivity contribution < 1.29 is 11.0 Å². The van der Waals surface area contributed by atoms with E-state index >= 15 is 0 Å². The van der Waals surface area contributed by atoms with E-state index in [0.717, 1.165) is 6.42 Å². The second-order valence-corrected chi connectivity index (χ2v) is 4.18. The van der Waals surface area contributed by atoms with Crippen molar-refractivity contribution in [1.29, 1.82) is 0 Å². The summed E-state index contributed by atoms with van der Waals surface area (Å²) < 4.78 is 5.11. The molecule has 5 heteroatoms. The van der Waals surface area contributed by atoms with Crippen LogP contribution in [0.2, 0.25) is 0 Å². The molecule has 1 aromatic rings. The fourth-order valence-electron chi connectivity index (χ4n) is 1.28. The Kier molecular flexibility index (Phi) is 5.39. The number of amides is 1. The summed E-state index contributed by atoms with van der Waals surface area (Å²) in [6, 6.07) is 0. The monoisotopic (exact) mass is 239 g/mol. The standard InChI is InChI=1S/C12H19N3O2.H2/c1-4-9(2)10(3)8-17-12(16)15-11-7-13-5-6-14-11;/h5-7,9-10H,4,8H2,1-3H3,(H,14,15,16);1H. The van der Waals surface area contributed by atoms with E-state index < -0.39 is 6.09 Å². The maximum absolute atomic E-state index is 11.4. The van der Waals surface area contributed by atoms with Gasteiger partial charge in [0.1, 0.15) is 0 Å². The third kappa shape index (κ3) is 4.80. The highest BCUT2D eigenvalue weighted by molar-refractivity contribution is 5.82. The smallest absolute Gasteiger partial charge is 0.412 e. The van der Waals surface area contributed by atoms with Crippen LogP contribution < -0.4 is 5.32 Å². The van der Waals surface area contributed by atoms with Gasteiger partial charge >= 0.3 is 6.09 Å². The second kappa shape index (κ2) is 6.83. The zero-order valence-electron chi connectivity index (χ0n) is 10.5. The molecular weight excluding hydrogens is 218 g/mol. The van der Waals surface area contributed by atoms with E-state index in [-0.39, 0.29) is 1.43 Å². The lowest BCUT2D eigenvalue weighted by Crippen LogP contribution is -2.21. The SMILES string of the molecule is CCC(C)C(C)COC(=O)Nc1cnccn1.[HH]. The van der Waals surface area contributed by atoms with Crippen molar-refractivity contribution in [1.82, 2.24) is 9.97 Å². The molecule has 1 amide bonds. The maximum Gasteiger partial charge on any atom is 0.412 e. The number of hydrogen-bond donors (Lipinski definition) is 1. The van der Waals surface area contributed by atoms with Crippen molar-refractivity contribution >= 4 is 11.9 Å². The average Bonchev–Trinajstić information content (AvgIpc) is 2.36. The highest BCUT2D eigenvalue weighted by atomic mass is 16.5. The summed E-state index contributed by atoms with van der Waals surface area (Å²) in [6.45, 7) is 6.76. The number of carbonyl (C=O) groups excluding carboxylic acids is 1. The summed E-state index contributed by atoms with van der Waals surface area (Å²) in [7, 11) is 0. The van der Waals surface area contributed by atoms with E-state index in [1.54, 1.807) is 6.20 Å². The van der Waals surface area contributed by atoms with Gasteiger partial charge in [-0.15, -0.1) is 0 Å². The van der Waals surface area contributed by atoms with Crippen molar-refractivity contribution in [2.45, 2.75) is 27.2 Å². The van der Waals surface area contributed by atoms with Crippen molar-refractivity contribution in [2.75, 3.05) is 11.9 Å². The Morgan fingerprint density at radius 2 is 2.24 bits per heavy atom. The minimum atomic E-state index is -0.486. The fourth-order valence-corrected chi connectivity index (χ4v) is 1.28. The molecule has 0 aliphatic carbocycles. The Balaban J connectivity index is 0.00000289. The number of ether oxygens (including phenoxy) is 1. The Morgan fingerprint density at radius 1 is 1.47 bits per heavy atom. The molecule has 0 aromatic carbocycles. The molecule has 96 valence electrons. The third-order valence-electron chi connectivity index (χ3n) is 2.89. The van der Waals surface area contributed by atoms with Crippen LogP contribution in [0.4, 0.5) is 10.6 Å². The molecule has 0 saturated heterocycles. The van der Waals surface area contributed by atoms with E-state index in [1.165, 1.54) is 12.4 Å². The fraction of sp³-hybridized carbons (Fsp3) is 0.583. The number of rotatable bonds is 5. The van der Waals surface area contributed by atoms with E-state index in [4.69, 9.17) is 4.74 Å². The summed E-state index contributed by atoms with van der Waals surface area (Å²) in [6.07, 6.45) is 5.12. The molecule has 1 heterocycles. The first-order valence-corrected chi connectivity index (χ1v) is 5.83. The summed E-state index contributed by atoms with van der Waals surface area (Å²) in [4.78, 5) is 19.2. The number of nitrogens with zero attached hydrogens (tertiary/aromatic N) is 2. The molecule has 0 saturated carbocycles. The van der Waals surface area contributed by atoms with E-state index in [9.17, 15) is 4.79 Å². The Bertz CT molecular complexity index is 348. The van der Waals surface area contributed by atoms with Gasteiger partial charge < -0.3 is 4.74 Å². The van der Waals surface area contributed by atoms with Gasteiger partial charge in [0, 0.05) is 13.8 Å². The van der Waals surface area contributed by atoms with Gasteiger partial charge in [-0.25, -0.2) is 9.78 Å². The van der Waals surface area contributed by atoms with Gasteiger partial charge in [0.15, 0.2) is 5.82 Å². The van der Waals surface area contributed by atoms with Crippen LogP contribution in [-0.2, 0) is 4.74 Å².